The van der Waals surface area contributed by atoms with Crippen LogP contribution in [0.2, 0.25) is 0 Å². The number of aromatic nitrogens is 2. The number of aromatic hydroxyl groups is 1. The van der Waals surface area contributed by atoms with Gasteiger partial charge in [-0.3, -0.25) is 4.57 Å². The van der Waals surface area contributed by atoms with Gasteiger partial charge >= 0.3 is 0 Å². The Labute approximate surface area is 156 Å². The third kappa shape index (κ3) is 2.54. The number of oxime groups is 1. The Kier molecular flexibility index (Phi) is 3.88. The molecule has 0 spiro atoms. The molecule has 0 radical (unpaired) electrons. The molecule has 4 N–H and O–H groups in total. The molecule has 2 aromatic carbocycles. The fraction of sp³-hybridized carbons (Fsp3) is 0.0952. The number of phenols is 1. The summed E-state index contributed by atoms with van der Waals surface area (Å²) in [6.07, 6.45) is 1.99. The van der Waals surface area contributed by atoms with Crippen LogP contribution in [0.1, 0.15) is 5.56 Å². The van der Waals surface area contributed by atoms with Crippen molar-refractivity contribution in [2.24, 2.45) is 17.9 Å². The van der Waals surface area contributed by atoms with Crippen LogP contribution in [-0.4, -0.2) is 25.4 Å². The quantitative estimate of drug-likeness (QED) is 0.219. The Bertz CT molecular complexity index is 1150. The van der Waals surface area contributed by atoms with Gasteiger partial charge in [0, 0.05) is 24.2 Å². The average Bonchev–Trinajstić information content (AvgIpc) is 3.18. The Morgan fingerprint density at radius 3 is 2.33 bits per heavy atom. The van der Waals surface area contributed by atoms with Crippen molar-refractivity contribution in [3.05, 3.63) is 66.4 Å². The van der Waals surface area contributed by atoms with E-state index in [0.717, 1.165) is 39.0 Å². The van der Waals surface area contributed by atoms with E-state index in [-0.39, 0.29) is 11.7 Å². The van der Waals surface area contributed by atoms with E-state index in [1.807, 2.05) is 67.2 Å². The van der Waals surface area contributed by atoms with Gasteiger partial charge in [-0.1, -0.05) is 35.5 Å². The van der Waals surface area contributed by atoms with Gasteiger partial charge in [-0.05, 0) is 42.3 Å². The maximum atomic E-state index is 9.71. The van der Waals surface area contributed by atoms with Crippen molar-refractivity contribution in [1.82, 2.24) is 9.13 Å². The second-order valence-corrected chi connectivity index (χ2v) is 6.54. The summed E-state index contributed by atoms with van der Waals surface area (Å²) in [7, 11) is 1.97. The van der Waals surface area contributed by atoms with Crippen LogP contribution in [0.15, 0.2) is 65.9 Å². The summed E-state index contributed by atoms with van der Waals surface area (Å²) in [6, 6.07) is 16.9. The highest BCUT2D eigenvalue weighted by molar-refractivity contribution is 6.10. The SMILES string of the molecule is Cc1ccn(C)c1-c1c(-c2ccc(O)cc2)c2ccccc2n1/C(N)=N/O. The fourth-order valence-corrected chi connectivity index (χ4v) is 3.68. The number of aryl methyl sites for hydroxylation is 2. The normalized spacial score (nSPS) is 12.0. The molecular formula is C21H20N4O2. The molecule has 0 atom stereocenters. The second-order valence-electron chi connectivity index (χ2n) is 6.54. The van der Waals surface area contributed by atoms with E-state index in [9.17, 15) is 10.3 Å². The standard InChI is InChI=1S/C21H20N4O2/c1-13-11-12-24(2)19(13)20-18(14-7-9-15(26)10-8-14)16-5-3-4-6-17(16)25(20)21(22)23-27/h3-12,26-27H,1-2H3,(H2,22,23). The summed E-state index contributed by atoms with van der Waals surface area (Å²) in [4.78, 5) is 0. The summed E-state index contributed by atoms with van der Waals surface area (Å²) >= 11 is 0. The zero-order valence-corrected chi connectivity index (χ0v) is 15.1. The lowest BCUT2D eigenvalue weighted by atomic mass is 9.99. The lowest BCUT2D eigenvalue weighted by Gasteiger charge is -2.13. The van der Waals surface area contributed by atoms with E-state index in [2.05, 4.69) is 5.16 Å². The maximum Gasteiger partial charge on any atom is 0.242 e. The number of hydrogen-bond acceptors (Lipinski definition) is 3. The molecule has 0 aliphatic carbocycles. The van der Waals surface area contributed by atoms with Crippen LogP contribution in [0.5, 0.6) is 5.75 Å². The zero-order chi connectivity index (χ0) is 19.1. The molecule has 2 heterocycles. The van der Waals surface area contributed by atoms with E-state index < -0.39 is 0 Å². The number of nitrogens with zero attached hydrogens (tertiary/aromatic N) is 3. The molecule has 0 saturated carbocycles. The molecule has 0 unspecified atom stereocenters. The summed E-state index contributed by atoms with van der Waals surface area (Å²) < 4.78 is 3.79. The minimum Gasteiger partial charge on any atom is -0.508 e. The summed E-state index contributed by atoms with van der Waals surface area (Å²) in [5, 5.41) is 23.4. The second kappa shape index (κ2) is 6.25. The van der Waals surface area contributed by atoms with Crippen molar-refractivity contribution in [3.63, 3.8) is 0 Å². The molecule has 0 aliphatic rings. The number of rotatable bonds is 2. The van der Waals surface area contributed by atoms with Crippen molar-refractivity contribution in [1.29, 1.82) is 0 Å². The van der Waals surface area contributed by atoms with Crippen molar-refractivity contribution in [2.75, 3.05) is 0 Å². The van der Waals surface area contributed by atoms with Gasteiger partial charge < -0.3 is 20.6 Å². The molecular weight excluding hydrogens is 340 g/mol. The van der Waals surface area contributed by atoms with Crippen LogP contribution >= 0.6 is 0 Å². The van der Waals surface area contributed by atoms with Gasteiger partial charge in [0.05, 0.1) is 16.9 Å². The number of para-hydroxylation sites is 1. The maximum absolute atomic E-state index is 9.71. The lowest BCUT2D eigenvalue weighted by Crippen LogP contribution is -2.23. The number of nitrogens with two attached hydrogens (primary N) is 1. The monoisotopic (exact) mass is 360 g/mol. The third-order valence-corrected chi connectivity index (χ3v) is 4.86. The van der Waals surface area contributed by atoms with Crippen molar-refractivity contribution in [2.45, 2.75) is 6.92 Å². The highest BCUT2D eigenvalue weighted by Gasteiger charge is 2.24. The van der Waals surface area contributed by atoms with Gasteiger partial charge in [0.25, 0.3) is 0 Å². The van der Waals surface area contributed by atoms with E-state index in [1.165, 1.54) is 0 Å². The molecule has 4 aromatic rings. The first-order valence-corrected chi connectivity index (χ1v) is 8.56. The first-order valence-electron chi connectivity index (χ1n) is 8.56. The highest BCUT2D eigenvalue weighted by Crippen LogP contribution is 2.42. The first kappa shape index (κ1) is 16.8. The Morgan fingerprint density at radius 1 is 1.00 bits per heavy atom. The van der Waals surface area contributed by atoms with E-state index in [0.29, 0.717) is 0 Å². The number of hydrogen-bond donors (Lipinski definition) is 3. The molecule has 6 nitrogen and oxygen atoms in total. The molecule has 136 valence electrons. The largest absolute Gasteiger partial charge is 0.508 e. The van der Waals surface area contributed by atoms with Gasteiger partial charge in [0.2, 0.25) is 5.96 Å². The number of fused-ring (bicyclic) bond motifs is 1. The molecule has 0 amide bonds. The molecule has 4 rings (SSSR count). The highest BCUT2D eigenvalue weighted by atomic mass is 16.4. The summed E-state index contributed by atoms with van der Waals surface area (Å²) in [5.74, 6) is 0.197. The lowest BCUT2D eigenvalue weighted by molar-refractivity contribution is 0.316. The molecule has 0 bridgehead atoms. The molecule has 27 heavy (non-hydrogen) atoms. The van der Waals surface area contributed by atoms with Crippen LogP contribution in [0.4, 0.5) is 0 Å². The van der Waals surface area contributed by atoms with Crippen LogP contribution in [0.3, 0.4) is 0 Å². The summed E-state index contributed by atoms with van der Waals surface area (Å²) in [5.41, 5.74) is 11.7. The van der Waals surface area contributed by atoms with Crippen LogP contribution in [0.25, 0.3) is 33.4 Å². The Morgan fingerprint density at radius 2 is 1.70 bits per heavy atom. The van der Waals surface area contributed by atoms with E-state index in [4.69, 9.17) is 5.73 Å². The minimum absolute atomic E-state index is 0.00757. The fourth-order valence-electron chi connectivity index (χ4n) is 3.68. The Hall–Kier alpha value is -3.67. The third-order valence-electron chi connectivity index (χ3n) is 4.86. The van der Waals surface area contributed by atoms with E-state index >= 15 is 0 Å². The number of phenolic OH excluding ortho intramolecular Hbond substituents is 1. The summed E-state index contributed by atoms with van der Waals surface area (Å²) in [6.45, 7) is 2.03. The van der Waals surface area contributed by atoms with Crippen LogP contribution < -0.4 is 5.73 Å². The molecule has 6 heteroatoms. The average molecular weight is 360 g/mol. The minimum atomic E-state index is -0.00757. The molecule has 0 aliphatic heterocycles. The van der Waals surface area contributed by atoms with Crippen molar-refractivity contribution in [3.8, 4) is 28.3 Å². The van der Waals surface area contributed by atoms with Gasteiger partial charge in [0.1, 0.15) is 5.75 Å². The first-order chi connectivity index (χ1) is 13.0. The molecule has 2 aromatic heterocycles. The molecule has 0 fully saturated rings. The predicted octanol–water partition coefficient (Wildman–Crippen LogP) is 3.88. The van der Waals surface area contributed by atoms with Gasteiger partial charge in [-0.25, -0.2) is 0 Å². The topological polar surface area (TPSA) is 88.7 Å². The predicted molar refractivity (Wildman–Crippen MR) is 107 cm³/mol. The smallest absolute Gasteiger partial charge is 0.242 e. The van der Waals surface area contributed by atoms with Gasteiger partial charge in [0.15, 0.2) is 0 Å². The molecule has 0 saturated heterocycles. The van der Waals surface area contributed by atoms with Crippen molar-refractivity contribution < 1.29 is 10.3 Å². The zero-order valence-electron chi connectivity index (χ0n) is 15.1. The van der Waals surface area contributed by atoms with Crippen molar-refractivity contribution >= 4 is 16.9 Å². The van der Waals surface area contributed by atoms with Crippen LogP contribution in [-0.2, 0) is 7.05 Å². The van der Waals surface area contributed by atoms with Crippen LogP contribution in [0, 0.1) is 6.92 Å². The van der Waals surface area contributed by atoms with E-state index in [1.54, 1.807) is 16.7 Å². The van der Waals surface area contributed by atoms with Gasteiger partial charge in [-0.15, -0.1) is 0 Å². The number of benzene rings is 2. The van der Waals surface area contributed by atoms with Gasteiger partial charge in [-0.2, -0.15) is 0 Å². The Balaban J connectivity index is 2.22.